The Morgan fingerprint density at radius 1 is 1.20 bits per heavy atom. The minimum atomic E-state index is -0.178. The second-order valence-corrected chi connectivity index (χ2v) is 7.88. The minimum absolute atomic E-state index is 0.105. The van der Waals surface area contributed by atoms with Crippen LogP contribution >= 0.6 is 0 Å². The van der Waals surface area contributed by atoms with Crippen molar-refractivity contribution in [3.05, 3.63) is 52.7 Å². The zero-order chi connectivity index (χ0) is 21.1. The Morgan fingerprint density at radius 3 is 2.70 bits per heavy atom. The Balaban J connectivity index is 1.51. The highest BCUT2D eigenvalue weighted by atomic mass is 16.5. The van der Waals surface area contributed by atoms with Gasteiger partial charge in [0.1, 0.15) is 5.75 Å². The summed E-state index contributed by atoms with van der Waals surface area (Å²) in [6, 6.07) is 7.69. The van der Waals surface area contributed by atoms with Crippen LogP contribution in [0.25, 0.3) is 0 Å². The van der Waals surface area contributed by atoms with Crippen LogP contribution in [0.1, 0.15) is 41.5 Å². The lowest BCUT2D eigenvalue weighted by Crippen LogP contribution is -2.41. The third kappa shape index (κ3) is 3.97. The molecule has 0 unspecified atom stereocenters. The Hall–Kier alpha value is -3.09. The van der Waals surface area contributed by atoms with Gasteiger partial charge in [0.15, 0.2) is 5.84 Å². The lowest BCUT2D eigenvalue weighted by atomic mass is 9.96. The fourth-order valence-corrected chi connectivity index (χ4v) is 4.46. The normalized spacial score (nSPS) is 17.0. The molecule has 2 aliphatic rings. The predicted octanol–water partition coefficient (Wildman–Crippen LogP) is 3.69. The summed E-state index contributed by atoms with van der Waals surface area (Å²) in [6.07, 6.45) is 6.24. The number of aryl methyl sites for hydroxylation is 1. The SMILES string of the molecule is COC(=O)C1CCN(/C(=N\O)c2ccnc(Oc3ccc(C)c4c3CCC4)c2)CC1. The first kappa shape index (κ1) is 20.2. The molecular formula is C23H27N3O4. The average molecular weight is 409 g/mol. The van der Waals surface area contributed by atoms with Gasteiger partial charge in [-0.15, -0.1) is 0 Å². The van der Waals surface area contributed by atoms with E-state index < -0.39 is 0 Å². The molecule has 7 heteroatoms. The number of pyridine rings is 1. The lowest BCUT2D eigenvalue weighted by molar-refractivity contribution is -0.146. The quantitative estimate of drug-likeness (QED) is 0.273. The molecule has 2 aromatic rings. The number of aromatic nitrogens is 1. The second kappa shape index (κ2) is 8.73. The number of nitrogens with zero attached hydrogens (tertiary/aromatic N) is 3. The van der Waals surface area contributed by atoms with Crippen molar-refractivity contribution in [2.45, 2.75) is 39.0 Å². The first-order valence-electron chi connectivity index (χ1n) is 10.4. The summed E-state index contributed by atoms with van der Waals surface area (Å²) >= 11 is 0. The van der Waals surface area contributed by atoms with Gasteiger partial charge in [-0.2, -0.15) is 0 Å². The van der Waals surface area contributed by atoms with Crippen molar-refractivity contribution in [1.82, 2.24) is 9.88 Å². The maximum atomic E-state index is 11.8. The number of hydrogen-bond donors (Lipinski definition) is 1. The number of likely N-dealkylation sites (tertiary alicyclic amines) is 1. The molecular weight excluding hydrogens is 382 g/mol. The topological polar surface area (TPSA) is 84.2 Å². The van der Waals surface area contributed by atoms with Crippen molar-refractivity contribution in [2.24, 2.45) is 11.1 Å². The Morgan fingerprint density at radius 2 is 1.97 bits per heavy atom. The number of methoxy groups -OCH3 is 1. The molecule has 2 heterocycles. The molecule has 1 aliphatic carbocycles. The molecule has 0 spiro atoms. The van der Waals surface area contributed by atoms with Gasteiger partial charge in [-0.05, 0) is 67.9 Å². The lowest BCUT2D eigenvalue weighted by Gasteiger charge is -2.32. The molecule has 30 heavy (non-hydrogen) atoms. The number of ether oxygens (including phenoxy) is 2. The largest absolute Gasteiger partial charge is 0.469 e. The van der Waals surface area contributed by atoms with E-state index in [4.69, 9.17) is 9.47 Å². The molecule has 0 bridgehead atoms. The molecule has 0 radical (unpaired) electrons. The first-order chi connectivity index (χ1) is 14.6. The molecule has 1 saturated heterocycles. The zero-order valence-electron chi connectivity index (χ0n) is 17.4. The summed E-state index contributed by atoms with van der Waals surface area (Å²) in [5.74, 6) is 1.49. The van der Waals surface area contributed by atoms with Gasteiger partial charge in [-0.1, -0.05) is 11.2 Å². The Labute approximate surface area is 176 Å². The number of benzene rings is 1. The van der Waals surface area contributed by atoms with Crippen LogP contribution in [-0.2, 0) is 22.4 Å². The van der Waals surface area contributed by atoms with Crippen LogP contribution in [-0.4, -0.2) is 47.1 Å². The number of hydrogen-bond acceptors (Lipinski definition) is 6. The van der Waals surface area contributed by atoms with E-state index in [0.717, 1.165) is 30.6 Å². The van der Waals surface area contributed by atoms with Gasteiger partial charge in [-0.25, -0.2) is 4.98 Å². The summed E-state index contributed by atoms with van der Waals surface area (Å²) in [5, 5.41) is 13.2. The summed E-state index contributed by atoms with van der Waals surface area (Å²) in [5.41, 5.74) is 4.68. The number of rotatable bonds is 4. The number of oxime groups is 1. The van der Waals surface area contributed by atoms with Gasteiger partial charge in [0.05, 0.1) is 13.0 Å². The van der Waals surface area contributed by atoms with Crippen LogP contribution in [0.3, 0.4) is 0 Å². The maximum Gasteiger partial charge on any atom is 0.308 e. The van der Waals surface area contributed by atoms with Crippen molar-refractivity contribution in [3.8, 4) is 11.6 Å². The Kier molecular flexibility index (Phi) is 5.88. The summed E-state index contributed by atoms with van der Waals surface area (Å²) in [6.45, 7) is 3.37. The van der Waals surface area contributed by atoms with Crippen LogP contribution in [0.5, 0.6) is 11.6 Å². The highest BCUT2D eigenvalue weighted by Crippen LogP contribution is 2.35. The minimum Gasteiger partial charge on any atom is -0.469 e. The molecule has 1 aromatic carbocycles. The van der Waals surface area contributed by atoms with Gasteiger partial charge in [0.2, 0.25) is 5.88 Å². The first-order valence-corrected chi connectivity index (χ1v) is 10.4. The summed E-state index contributed by atoms with van der Waals surface area (Å²) < 4.78 is 11.0. The van der Waals surface area contributed by atoms with Crippen LogP contribution in [0.2, 0.25) is 0 Å². The predicted molar refractivity (Wildman–Crippen MR) is 112 cm³/mol. The summed E-state index contributed by atoms with van der Waals surface area (Å²) in [7, 11) is 1.41. The van der Waals surface area contributed by atoms with Gasteiger partial charge in [0, 0.05) is 30.9 Å². The molecule has 1 N–H and O–H groups in total. The molecule has 4 rings (SSSR count). The number of esters is 1. The third-order valence-electron chi connectivity index (χ3n) is 6.11. The van der Waals surface area contributed by atoms with Crippen molar-refractivity contribution in [2.75, 3.05) is 20.2 Å². The van der Waals surface area contributed by atoms with Crippen molar-refractivity contribution in [3.63, 3.8) is 0 Å². The van der Waals surface area contributed by atoms with Gasteiger partial charge in [0.25, 0.3) is 0 Å². The highest BCUT2D eigenvalue weighted by molar-refractivity contribution is 5.98. The molecule has 158 valence electrons. The van der Waals surface area contributed by atoms with Crippen LogP contribution < -0.4 is 4.74 Å². The van der Waals surface area contributed by atoms with Gasteiger partial charge < -0.3 is 19.6 Å². The molecule has 0 saturated carbocycles. The third-order valence-corrected chi connectivity index (χ3v) is 6.11. The maximum absolute atomic E-state index is 11.8. The van der Waals surface area contributed by atoms with E-state index in [1.807, 2.05) is 11.0 Å². The van der Waals surface area contributed by atoms with E-state index >= 15 is 0 Å². The number of fused-ring (bicyclic) bond motifs is 1. The molecule has 7 nitrogen and oxygen atoms in total. The van der Waals surface area contributed by atoms with E-state index in [1.54, 1.807) is 18.3 Å². The van der Waals surface area contributed by atoms with E-state index in [0.29, 0.717) is 37.6 Å². The standard InChI is InChI=1S/C23H27N3O4/c1-15-6-7-20(19-5-3-4-18(15)19)30-21-14-17(8-11-24-21)22(25-28)26-12-9-16(10-13-26)23(27)29-2/h6-8,11,14,16,28H,3-5,9-10,12-13H2,1-2H3/b25-22-. The van der Waals surface area contributed by atoms with Crippen molar-refractivity contribution in [1.29, 1.82) is 0 Å². The summed E-state index contributed by atoms with van der Waals surface area (Å²) in [4.78, 5) is 18.1. The molecule has 1 aromatic heterocycles. The van der Waals surface area contributed by atoms with Crippen LogP contribution in [0.15, 0.2) is 35.6 Å². The highest BCUT2D eigenvalue weighted by Gasteiger charge is 2.28. The molecule has 0 amide bonds. The average Bonchev–Trinajstić information content (AvgIpc) is 3.28. The van der Waals surface area contributed by atoms with Crippen LogP contribution in [0.4, 0.5) is 0 Å². The fraction of sp³-hybridized carbons (Fsp3) is 0.435. The van der Waals surface area contributed by atoms with E-state index in [-0.39, 0.29) is 11.9 Å². The number of carbonyl (C=O) groups is 1. The molecule has 0 atom stereocenters. The number of piperidine rings is 1. The Bertz CT molecular complexity index is 965. The van der Waals surface area contributed by atoms with Crippen LogP contribution in [0, 0.1) is 12.8 Å². The fourth-order valence-electron chi connectivity index (χ4n) is 4.46. The zero-order valence-corrected chi connectivity index (χ0v) is 17.4. The van der Waals surface area contributed by atoms with E-state index in [2.05, 4.69) is 23.1 Å². The number of amidine groups is 1. The van der Waals surface area contributed by atoms with Gasteiger partial charge >= 0.3 is 5.97 Å². The van der Waals surface area contributed by atoms with E-state index in [9.17, 15) is 10.0 Å². The monoisotopic (exact) mass is 409 g/mol. The smallest absolute Gasteiger partial charge is 0.308 e. The second-order valence-electron chi connectivity index (χ2n) is 7.88. The molecule has 1 fully saturated rings. The van der Waals surface area contributed by atoms with Gasteiger partial charge in [-0.3, -0.25) is 4.79 Å². The molecule has 1 aliphatic heterocycles. The van der Waals surface area contributed by atoms with Crippen molar-refractivity contribution < 1.29 is 19.5 Å². The van der Waals surface area contributed by atoms with Crippen molar-refractivity contribution >= 4 is 11.8 Å². The number of carbonyl (C=O) groups excluding carboxylic acids is 1. The van der Waals surface area contributed by atoms with E-state index in [1.165, 1.54) is 23.8 Å².